The molecule has 0 unspecified atom stereocenters. The molecule has 2 aromatic carbocycles. The quantitative estimate of drug-likeness (QED) is 0.566. The van der Waals surface area contributed by atoms with Crippen molar-refractivity contribution in [3.63, 3.8) is 0 Å². The van der Waals surface area contributed by atoms with Crippen molar-refractivity contribution in [3.8, 4) is 5.75 Å². The first kappa shape index (κ1) is 15.0. The first-order valence-electron chi connectivity index (χ1n) is 5.36. The SMILES string of the molecule is Nc1cc(S(=O)(=O)Nc2cc(Br)ccc2Cl)ccc1O. The van der Waals surface area contributed by atoms with Crippen LogP contribution in [0.2, 0.25) is 5.02 Å². The molecule has 0 aliphatic heterocycles. The Hall–Kier alpha value is -1.44. The fourth-order valence-electron chi connectivity index (χ4n) is 1.48. The fourth-order valence-corrected chi connectivity index (χ4v) is 3.17. The number of phenols is 1. The maximum Gasteiger partial charge on any atom is 0.262 e. The number of anilines is 2. The van der Waals surface area contributed by atoms with Crippen LogP contribution in [0.1, 0.15) is 0 Å². The Balaban J connectivity index is 2.40. The third-order valence-electron chi connectivity index (χ3n) is 2.48. The summed E-state index contributed by atoms with van der Waals surface area (Å²) >= 11 is 9.17. The van der Waals surface area contributed by atoms with Gasteiger partial charge in [-0.15, -0.1) is 0 Å². The van der Waals surface area contributed by atoms with Crippen LogP contribution in [0.5, 0.6) is 5.75 Å². The van der Waals surface area contributed by atoms with Crippen molar-refractivity contribution >= 4 is 48.9 Å². The number of aromatic hydroxyl groups is 1. The Labute approximate surface area is 129 Å². The zero-order chi connectivity index (χ0) is 14.9. The second kappa shape index (κ2) is 5.51. The topological polar surface area (TPSA) is 92.4 Å². The van der Waals surface area contributed by atoms with Crippen LogP contribution in [0.3, 0.4) is 0 Å². The van der Waals surface area contributed by atoms with Crippen molar-refractivity contribution in [1.29, 1.82) is 0 Å². The third-order valence-corrected chi connectivity index (χ3v) is 4.67. The third kappa shape index (κ3) is 3.17. The summed E-state index contributed by atoms with van der Waals surface area (Å²) in [4.78, 5) is -0.0659. The van der Waals surface area contributed by atoms with Crippen molar-refractivity contribution in [1.82, 2.24) is 0 Å². The van der Waals surface area contributed by atoms with Crippen LogP contribution in [0.25, 0.3) is 0 Å². The van der Waals surface area contributed by atoms with E-state index in [1.165, 1.54) is 18.2 Å². The highest BCUT2D eigenvalue weighted by Gasteiger charge is 2.17. The van der Waals surface area contributed by atoms with Gasteiger partial charge in [-0.3, -0.25) is 4.72 Å². The van der Waals surface area contributed by atoms with Gasteiger partial charge in [-0.1, -0.05) is 27.5 Å². The number of nitrogens with two attached hydrogens (primary N) is 1. The van der Waals surface area contributed by atoms with Crippen LogP contribution in [-0.4, -0.2) is 13.5 Å². The lowest BCUT2D eigenvalue weighted by atomic mass is 10.3. The van der Waals surface area contributed by atoms with Crippen molar-refractivity contribution in [3.05, 3.63) is 45.9 Å². The van der Waals surface area contributed by atoms with Crippen LogP contribution in [0, 0.1) is 0 Å². The van der Waals surface area contributed by atoms with Crippen LogP contribution in [0.4, 0.5) is 11.4 Å². The average Bonchev–Trinajstić information content (AvgIpc) is 2.36. The van der Waals surface area contributed by atoms with Gasteiger partial charge in [-0.2, -0.15) is 0 Å². The molecule has 0 amide bonds. The van der Waals surface area contributed by atoms with E-state index >= 15 is 0 Å². The first-order chi connectivity index (χ1) is 9.29. The minimum atomic E-state index is -3.84. The summed E-state index contributed by atoms with van der Waals surface area (Å²) in [5.74, 6) is -0.176. The molecular formula is C12H10BrClN2O3S. The predicted molar refractivity (Wildman–Crippen MR) is 82.5 cm³/mol. The standard InChI is InChI=1S/C12H10BrClN2O3S/c13-7-1-3-9(14)11(5-7)16-20(18,19)8-2-4-12(17)10(15)6-8/h1-6,16-17H,15H2. The van der Waals surface area contributed by atoms with Crippen molar-refractivity contribution in [2.45, 2.75) is 4.90 Å². The Morgan fingerprint density at radius 2 is 1.90 bits per heavy atom. The fraction of sp³-hybridized carbons (Fsp3) is 0. The average molecular weight is 378 g/mol. The molecule has 0 aliphatic carbocycles. The number of hydrogen-bond acceptors (Lipinski definition) is 4. The van der Waals surface area contributed by atoms with Gasteiger partial charge >= 0.3 is 0 Å². The second-order valence-electron chi connectivity index (χ2n) is 3.95. The number of nitrogens with one attached hydrogen (secondary N) is 1. The van der Waals surface area contributed by atoms with E-state index in [9.17, 15) is 13.5 Å². The second-order valence-corrected chi connectivity index (χ2v) is 6.96. The highest BCUT2D eigenvalue weighted by molar-refractivity contribution is 9.10. The number of sulfonamides is 1. The molecule has 5 nitrogen and oxygen atoms in total. The molecule has 4 N–H and O–H groups in total. The lowest BCUT2D eigenvalue weighted by Gasteiger charge is -2.11. The van der Waals surface area contributed by atoms with Crippen molar-refractivity contribution < 1.29 is 13.5 Å². The molecule has 20 heavy (non-hydrogen) atoms. The Morgan fingerprint density at radius 1 is 1.20 bits per heavy atom. The Kier molecular flexibility index (Phi) is 4.12. The Bertz CT molecular complexity index is 765. The van der Waals surface area contributed by atoms with Crippen molar-refractivity contribution in [2.75, 3.05) is 10.5 Å². The minimum Gasteiger partial charge on any atom is -0.506 e. The maximum absolute atomic E-state index is 12.2. The van der Waals surface area contributed by atoms with E-state index < -0.39 is 10.0 Å². The van der Waals surface area contributed by atoms with Gasteiger partial charge in [0, 0.05) is 4.47 Å². The molecule has 0 spiro atoms. The summed E-state index contributed by atoms with van der Waals surface area (Å²) in [6.45, 7) is 0. The number of phenolic OH excluding ortho intramolecular Hbond substituents is 1. The number of hydrogen-bond donors (Lipinski definition) is 3. The van der Waals surface area contributed by atoms with Crippen LogP contribution >= 0.6 is 27.5 Å². The molecule has 0 aromatic heterocycles. The summed E-state index contributed by atoms with van der Waals surface area (Å²) < 4.78 is 27.5. The first-order valence-corrected chi connectivity index (χ1v) is 8.01. The summed E-state index contributed by atoms with van der Waals surface area (Å²) in [5, 5.41) is 9.58. The zero-order valence-corrected chi connectivity index (χ0v) is 13.1. The molecular weight excluding hydrogens is 368 g/mol. The molecule has 2 aromatic rings. The predicted octanol–water partition coefficient (Wildman–Crippen LogP) is 3.19. The number of rotatable bonds is 3. The Morgan fingerprint density at radius 3 is 2.55 bits per heavy atom. The summed E-state index contributed by atoms with van der Waals surface area (Å²) in [5.41, 5.74) is 5.71. The summed E-state index contributed by atoms with van der Waals surface area (Å²) in [6, 6.07) is 8.44. The molecule has 0 atom stereocenters. The van der Waals surface area contributed by atoms with Gasteiger partial charge in [-0.05, 0) is 36.4 Å². The van der Waals surface area contributed by atoms with E-state index in [0.29, 0.717) is 4.47 Å². The van der Waals surface area contributed by atoms with Crippen LogP contribution in [0.15, 0.2) is 45.8 Å². The summed E-state index contributed by atoms with van der Waals surface area (Å²) in [7, 11) is -3.84. The van der Waals surface area contributed by atoms with Gasteiger partial charge in [0.05, 0.1) is 21.3 Å². The van der Waals surface area contributed by atoms with E-state index in [0.717, 1.165) is 0 Å². The summed E-state index contributed by atoms with van der Waals surface area (Å²) in [6.07, 6.45) is 0. The van der Waals surface area contributed by atoms with E-state index in [4.69, 9.17) is 17.3 Å². The van der Waals surface area contributed by atoms with Gasteiger partial charge < -0.3 is 10.8 Å². The molecule has 0 heterocycles. The molecule has 106 valence electrons. The molecule has 0 saturated heterocycles. The van der Waals surface area contributed by atoms with Crippen molar-refractivity contribution in [2.24, 2.45) is 0 Å². The van der Waals surface area contributed by atoms with Gasteiger partial charge in [0.25, 0.3) is 10.0 Å². The van der Waals surface area contributed by atoms with Gasteiger partial charge in [-0.25, -0.2) is 8.42 Å². The maximum atomic E-state index is 12.2. The molecule has 8 heteroatoms. The van der Waals surface area contributed by atoms with E-state index in [-0.39, 0.29) is 27.0 Å². The molecule has 0 fully saturated rings. The number of benzene rings is 2. The largest absolute Gasteiger partial charge is 0.506 e. The monoisotopic (exact) mass is 376 g/mol. The van der Waals surface area contributed by atoms with E-state index in [1.807, 2.05) is 0 Å². The smallest absolute Gasteiger partial charge is 0.262 e. The van der Waals surface area contributed by atoms with Gasteiger partial charge in [0.1, 0.15) is 5.75 Å². The number of halogens is 2. The molecule has 2 rings (SSSR count). The van der Waals surface area contributed by atoms with Gasteiger partial charge in [0.15, 0.2) is 0 Å². The minimum absolute atomic E-state index is 0.0202. The van der Waals surface area contributed by atoms with Crippen LogP contribution in [-0.2, 0) is 10.0 Å². The highest BCUT2D eigenvalue weighted by atomic mass is 79.9. The molecule has 0 bridgehead atoms. The van der Waals surface area contributed by atoms with E-state index in [2.05, 4.69) is 20.7 Å². The highest BCUT2D eigenvalue weighted by Crippen LogP contribution is 2.29. The van der Waals surface area contributed by atoms with E-state index in [1.54, 1.807) is 18.2 Å². The normalized spacial score (nSPS) is 11.3. The molecule has 0 aliphatic rings. The lowest BCUT2D eigenvalue weighted by molar-refractivity contribution is 0.477. The van der Waals surface area contributed by atoms with Gasteiger partial charge in [0.2, 0.25) is 0 Å². The molecule has 0 saturated carbocycles. The molecule has 0 radical (unpaired) electrons. The van der Waals surface area contributed by atoms with Crippen LogP contribution < -0.4 is 10.5 Å². The number of nitrogen functional groups attached to an aromatic ring is 1. The zero-order valence-electron chi connectivity index (χ0n) is 9.97. The lowest BCUT2D eigenvalue weighted by Crippen LogP contribution is -2.13.